The number of halogens is 1. The monoisotopic (exact) mass is 368 g/mol. The molecule has 1 aliphatic heterocycles. The third kappa shape index (κ3) is 3.64. The van der Waals surface area contributed by atoms with E-state index in [-0.39, 0.29) is 29.0 Å². The summed E-state index contributed by atoms with van der Waals surface area (Å²) in [6, 6.07) is 4.02. The van der Waals surface area contributed by atoms with Crippen molar-refractivity contribution in [3.63, 3.8) is 0 Å². The quantitative estimate of drug-likeness (QED) is 0.835. The molecule has 1 aromatic heterocycles. The number of rotatable bonds is 3. The molecule has 0 N–H and O–H groups in total. The van der Waals surface area contributed by atoms with Crippen LogP contribution in [-0.2, 0) is 9.84 Å². The second kappa shape index (κ2) is 6.60. The highest BCUT2D eigenvalue weighted by Crippen LogP contribution is 2.24. The Labute approximate surface area is 144 Å². The number of hydrogen-bond donors (Lipinski definition) is 0. The average Bonchev–Trinajstić information content (AvgIpc) is 3.07. The first-order chi connectivity index (χ1) is 11.4. The van der Waals surface area contributed by atoms with Gasteiger partial charge < -0.3 is 4.90 Å². The fourth-order valence-corrected chi connectivity index (χ4v) is 4.88. The van der Waals surface area contributed by atoms with E-state index in [0.29, 0.717) is 24.1 Å². The van der Waals surface area contributed by atoms with E-state index in [2.05, 4.69) is 4.98 Å². The molecule has 1 aliphatic rings. The number of amides is 1. The first-order valence-electron chi connectivity index (χ1n) is 7.52. The van der Waals surface area contributed by atoms with Gasteiger partial charge in [0.05, 0.1) is 22.7 Å². The van der Waals surface area contributed by atoms with Crippen molar-refractivity contribution >= 4 is 27.1 Å². The third-order valence-electron chi connectivity index (χ3n) is 4.27. The van der Waals surface area contributed by atoms with Crippen LogP contribution in [0.3, 0.4) is 0 Å². The lowest BCUT2D eigenvalue weighted by molar-refractivity contribution is 0.0721. The normalized spacial score (nSPS) is 17.6. The van der Waals surface area contributed by atoms with Crippen LogP contribution in [0.25, 0.3) is 11.3 Å². The summed E-state index contributed by atoms with van der Waals surface area (Å²) in [5, 5.41) is 1.79. The summed E-state index contributed by atoms with van der Waals surface area (Å²) in [6.07, 6.45) is 0.831. The average molecular weight is 368 g/mol. The van der Waals surface area contributed by atoms with Crippen LogP contribution in [0.1, 0.15) is 23.2 Å². The van der Waals surface area contributed by atoms with Crippen LogP contribution in [-0.4, -0.2) is 48.8 Å². The third-order valence-corrected chi connectivity index (χ3v) is 6.57. The minimum atomic E-state index is -2.99. The van der Waals surface area contributed by atoms with Gasteiger partial charge in [-0.3, -0.25) is 4.79 Å². The Hall–Kier alpha value is -1.80. The highest BCUT2D eigenvalue weighted by atomic mass is 32.2. The minimum Gasteiger partial charge on any atom is -0.339 e. The summed E-state index contributed by atoms with van der Waals surface area (Å²) < 4.78 is 37.0. The smallest absolute Gasteiger partial charge is 0.253 e. The Bertz CT molecular complexity index is 836. The first-order valence-corrected chi connectivity index (χ1v) is 10.3. The maximum absolute atomic E-state index is 13.9. The molecule has 1 amide bonds. The minimum absolute atomic E-state index is 0.0858. The molecule has 1 saturated heterocycles. The van der Waals surface area contributed by atoms with Gasteiger partial charge in [0.2, 0.25) is 0 Å². The number of sulfone groups is 1. The van der Waals surface area contributed by atoms with Crippen LogP contribution in [0, 0.1) is 5.82 Å². The SMILES string of the molecule is CN(C(=O)c1cc(F)cc(-c2cscn2)c1)C1CCS(=O)(=O)CC1. The second-order valence-electron chi connectivity index (χ2n) is 5.90. The molecule has 0 bridgehead atoms. The van der Waals surface area contributed by atoms with Crippen LogP contribution < -0.4 is 0 Å². The molecule has 0 unspecified atom stereocenters. The van der Waals surface area contributed by atoms with Crippen molar-refractivity contribution < 1.29 is 17.6 Å². The van der Waals surface area contributed by atoms with Gasteiger partial charge in [0, 0.05) is 29.6 Å². The largest absolute Gasteiger partial charge is 0.339 e. The Morgan fingerprint density at radius 2 is 2.00 bits per heavy atom. The number of nitrogens with zero attached hydrogens (tertiary/aromatic N) is 2. The van der Waals surface area contributed by atoms with Gasteiger partial charge >= 0.3 is 0 Å². The van der Waals surface area contributed by atoms with Gasteiger partial charge in [-0.05, 0) is 31.0 Å². The molecule has 0 aliphatic carbocycles. The zero-order valence-electron chi connectivity index (χ0n) is 13.1. The maximum atomic E-state index is 13.9. The lowest BCUT2D eigenvalue weighted by atomic mass is 10.1. The molecule has 1 fully saturated rings. The van der Waals surface area contributed by atoms with Crippen molar-refractivity contribution in [3.05, 3.63) is 40.5 Å². The van der Waals surface area contributed by atoms with Gasteiger partial charge in [0.15, 0.2) is 0 Å². The molecule has 0 radical (unpaired) electrons. The lowest BCUT2D eigenvalue weighted by Crippen LogP contribution is -2.42. The predicted octanol–water partition coefficient (Wildman–Crippen LogP) is 2.60. The Morgan fingerprint density at radius 3 is 2.62 bits per heavy atom. The van der Waals surface area contributed by atoms with Gasteiger partial charge in [0.25, 0.3) is 5.91 Å². The van der Waals surface area contributed by atoms with Gasteiger partial charge in [0.1, 0.15) is 15.7 Å². The number of aromatic nitrogens is 1. The Kier molecular flexibility index (Phi) is 4.69. The lowest BCUT2D eigenvalue weighted by Gasteiger charge is -2.31. The molecule has 3 rings (SSSR count). The van der Waals surface area contributed by atoms with E-state index < -0.39 is 15.7 Å². The summed E-state index contributed by atoms with van der Waals surface area (Å²) in [5.74, 6) is -0.635. The van der Waals surface area contributed by atoms with E-state index in [4.69, 9.17) is 0 Å². The number of benzene rings is 1. The van der Waals surface area contributed by atoms with Crippen molar-refractivity contribution in [3.8, 4) is 11.3 Å². The van der Waals surface area contributed by atoms with Gasteiger partial charge in [-0.2, -0.15) is 0 Å². The first kappa shape index (κ1) is 17.0. The molecular formula is C16H17FN2O3S2. The fraction of sp³-hybridized carbons (Fsp3) is 0.375. The van der Waals surface area contributed by atoms with Crippen LogP contribution in [0.5, 0.6) is 0 Å². The summed E-state index contributed by atoms with van der Waals surface area (Å²) in [5.41, 5.74) is 3.07. The molecule has 8 heteroatoms. The molecule has 2 heterocycles. The van der Waals surface area contributed by atoms with Gasteiger partial charge in [-0.15, -0.1) is 11.3 Å². The van der Waals surface area contributed by atoms with Crippen molar-refractivity contribution in [2.45, 2.75) is 18.9 Å². The van der Waals surface area contributed by atoms with Crippen LogP contribution in [0.2, 0.25) is 0 Å². The van der Waals surface area contributed by atoms with Crippen LogP contribution >= 0.6 is 11.3 Å². The van der Waals surface area contributed by atoms with E-state index >= 15 is 0 Å². The van der Waals surface area contributed by atoms with Gasteiger partial charge in [-0.25, -0.2) is 17.8 Å². The number of carbonyl (C=O) groups is 1. The van der Waals surface area contributed by atoms with E-state index in [1.165, 1.54) is 28.4 Å². The zero-order valence-corrected chi connectivity index (χ0v) is 14.7. The van der Waals surface area contributed by atoms with Crippen LogP contribution in [0.15, 0.2) is 29.1 Å². The highest BCUT2D eigenvalue weighted by Gasteiger charge is 2.29. The van der Waals surface area contributed by atoms with Crippen molar-refractivity contribution in [1.29, 1.82) is 0 Å². The standard InChI is InChI=1S/C16H17FN2O3S2/c1-19(14-2-4-24(21,22)5-3-14)16(20)12-6-11(7-13(17)8-12)15-9-23-10-18-15/h6-10,14H,2-5H2,1H3. The van der Waals surface area contributed by atoms with E-state index in [1.54, 1.807) is 24.0 Å². The van der Waals surface area contributed by atoms with Crippen molar-refractivity contribution in [1.82, 2.24) is 9.88 Å². The van der Waals surface area contributed by atoms with E-state index in [0.717, 1.165) is 0 Å². The fourth-order valence-electron chi connectivity index (χ4n) is 2.85. The topological polar surface area (TPSA) is 67.3 Å². The van der Waals surface area contributed by atoms with Crippen LogP contribution in [0.4, 0.5) is 4.39 Å². The maximum Gasteiger partial charge on any atom is 0.253 e. The number of carbonyl (C=O) groups excluding carboxylic acids is 1. The zero-order chi connectivity index (χ0) is 17.3. The summed E-state index contributed by atoms with van der Waals surface area (Å²) in [6.45, 7) is 0. The predicted molar refractivity (Wildman–Crippen MR) is 91.3 cm³/mol. The highest BCUT2D eigenvalue weighted by molar-refractivity contribution is 7.91. The number of thiazole rings is 1. The van der Waals surface area contributed by atoms with E-state index in [1.807, 2.05) is 0 Å². The van der Waals surface area contributed by atoms with Gasteiger partial charge in [-0.1, -0.05) is 0 Å². The molecule has 0 spiro atoms. The molecule has 5 nitrogen and oxygen atoms in total. The van der Waals surface area contributed by atoms with Crippen molar-refractivity contribution in [2.75, 3.05) is 18.6 Å². The molecule has 1 aromatic carbocycles. The second-order valence-corrected chi connectivity index (χ2v) is 8.92. The molecular weight excluding hydrogens is 351 g/mol. The molecule has 128 valence electrons. The molecule has 0 atom stereocenters. The van der Waals surface area contributed by atoms with E-state index in [9.17, 15) is 17.6 Å². The molecule has 24 heavy (non-hydrogen) atoms. The molecule has 2 aromatic rings. The Balaban J connectivity index is 1.82. The summed E-state index contributed by atoms with van der Waals surface area (Å²) in [4.78, 5) is 18.3. The summed E-state index contributed by atoms with van der Waals surface area (Å²) in [7, 11) is -1.35. The molecule has 0 saturated carbocycles. The number of hydrogen-bond acceptors (Lipinski definition) is 5. The van der Waals surface area contributed by atoms with Crippen molar-refractivity contribution in [2.24, 2.45) is 0 Å². The summed E-state index contributed by atoms with van der Waals surface area (Å²) >= 11 is 1.40. The Morgan fingerprint density at radius 1 is 1.29 bits per heavy atom.